The number of hydrogen-bond donors (Lipinski definition) is 0. The zero-order valence-electron chi connectivity index (χ0n) is 12.3. The Morgan fingerprint density at radius 3 is 2.23 bits per heavy atom. The van der Waals surface area contributed by atoms with Crippen molar-refractivity contribution in [1.29, 1.82) is 0 Å². The van der Waals surface area contributed by atoms with Crippen LogP contribution in [0.25, 0.3) is 22.8 Å². The van der Waals surface area contributed by atoms with Gasteiger partial charge in [0.15, 0.2) is 0 Å². The number of hydrogen-bond acceptors (Lipinski definition) is 4. The molecule has 0 aliphatic rings. The molecular weight excluding hydrogens is 283 g/mol. The van der Waals surface area contributed by atoms with E-state index in [2.05, 4.69) is 10.1 Å². The molecule has 0 atom stereocenters. The standard InChI is InChI=1S/C17H15FN2O2/c1-11(2)21-15-9-5-12(6-10-15)16-19-17(22-20-16)13-3-7-14(18)8-4-13/h3-11H,1-2H3. The van der Waals surface area contributed by atoms with Gasteiger partial charge < -0.3 is 9.26 Å². The van der Waals surface area contributed by atoms with Crippen LogP contribution < -0.4 is 4.74 Å². The van der Waals surface area contributed by atoms with Crippen molar-refractivity contribution < 1.29 is 13.7 Å². The molecule has 0 fully saturated rings. The molecule has 0 unspecified atom stereocenters. The predicted molar refractivity (Wildman–Crippen MR) is 80.9 cm³/mol. The van der Waals surface area contributed by atoms with Crippen LogP contribution in [0.3, 0.4) is 0 Å². The monoisotopic (exact) mass is 298 g/mol. The molecule has 0 radical (unpaired) electrons. The van der Waals surface area contributed by atoms with Crippen LogP contribution in [0.15, 0.2) is 53.1 Å². The predicted octanol–water partition coefficient (Wildman–Crippen LogP) is 4.33. The average Bonchev–Trinajstić information content (AvgIpc) is 2.98. The van der Waals surface area contributed by atoms with E-state index >= 15 is 0 Å². The van der Waals surface area contributed by atoms with Gasteiger partial charge in [0, 0.05) is 11.1 Å². The number of rotatable bonds is 4. The summed E-state index contributed by atoms with van der Waals surface area (Å²) in [4.78, 5) is 4.33. The maximum atomic E-state index is 12.9. The molecule has 22 heavy (non-hydrogen) atoms. The van der Waals surface area contributed by atoms with Crippen LogP contribution in [0.2, 0.25) is 0 Å². The van der Waals surface area contributed by atoms with Gasteiger partial charge in [0.05, 0.1) is 6.10 Å². The summed E-state index contributed by atoms with van der Waals surface area (Å²) in [7, 11) is 0. The van der Waals surface area contributed by atoms with Crippen LogP contribution in [0.5, 0.6) is 5.75 Å². The third-order valence-corrected chi connectivity index (χ3v) is 3.00. The van der Waals surface area contributed by atoms with Gasteiger partial charge in [0.1, 0.15) is 11.6 Å². The summed E-state index contributed by atoms with van der Waals surface area (Å²) in [6.07, 6.45) is 0.126. The van der Waals surface area contributed by atoms with Crippen LogP contribution in [-0.2, 0) is 0 Å². The van der Waals surface area contributed by atoms with Gasteiger partial charge in [-0.25, -0.2) is 4.39 Å². The summed E-state index contributed by atoms with van der Waals surface area (Å²) < 4.78 is 23.7. The van der Waals surface area contributed by atoms with E-state index in [0.717, 1.165) is 11.3 Å². The van der Waals surface area contributed by atoms with E-state index in [0.29, 0.717) is 17.3 Å². The lowest BCUT2D eigenvalue weighted by molar-refractivity contribution is 0.242. The minimum Gasteiger partial charge on any atom is -0.491 e. The Morgan fingerprint density at radius 2 is 1.59 bits per heavy atom. The summed E-state index contributed by atoms with van der Waals surface area (Å²) in [6, 6.07) is 13.4. The number of aromatic nitrogens is 2. The second-order valence-electron chi connectivity index (χ2n) is 5.12. The normalized spacial score (nSPS) is 10.9. The maximum Gasteiger partial charge on any atom is 0.258 e. The van der Waals surface area contributed by atoms with Gasteiger partial charge in [-0.2, -0.15) is 4.98 Å². The molecule has 1 aromatic heterocycles. The lowest BCUT2D eigenvalue weighted by Gasteiger charge is -2.09. The summed E-state index contributed by atoms with van der Waals surface area (Å²) in [5.74, 6) is 1.33. The number of benzene rings is 2. The summed E-state index contributed by atoms with van der Waals surface area (Å²) >= 11 is 0. The zero-order chi connectivity index (χ0) is 15.5. The first-order chi connectivity index (χ1) is 10.6. The highest BCUT2D eigenvalue weighted by Crippen LogP contribution is 2.24. The van der Waals surface area contributed by atoms with E-state index in [1.54, 1.807) is 12.1 Å². The summed E-state index contributed by atoms with van der Waals surface area (Å²) in [5, 5.41) is 3.96. The van der Waals surface area contributed by atoms with Crippen LogP contribution in [0.1, 0.15) is 13.8 Å². The lowest BCUT2D eigenvalue weighted by Crippen LogP contribution is -2.05. The molecule has 4 nitrogen and oxygen atoms in total. The Morgan fingerprint density at radius 1 is 0.955 bits per heavy atom. The fourth-order valence-electron chi connectivity index (χ4n) is 2.01. The zero-order valence-corrected chi connectivity index (χ0v) is 12.3. The van der Waals surface area contributed by atoms with Crippen molar-refractivity contribution in [2.75, 3.05) is 0 Å². The first-order valence-electron chi connectivity index (χ1n) is 6.98. The van der Waals surface area contributed by atoms with Gasteiger partial charge in [0.25, 0.3) is 5.89 Å². The molecule has 1 heterocycles. The van der Waals surface area contributed by atoms with E-state index in [9.17, 15) is 4.39 Å². The average molecular weight is 298 g/mol. The topological polar surface area (TPSA) is 48.2 Å². The summed E-state index contributed by atoms with van der Waals surface area (Å²) in [5.41, 5.74) is 1.51. The second-order valence-corrected chi connectivity index (χ2v) is 5.12. The molecule has 0 saturated heterocycles. The first kappa shape index (κ1) is 14.3. The fraction of sp³-hybridized carbons (Fsp3) is 0.176. The van der Waals surface area contributed by atoms with E-state index < -0.39 is 0 Å². The van der Waals surface area contributed by atoms with Crippen LogP contribution in [0.4, 0.5) is 4.39 Å². The van der Waals surface area contributed by atoms with Crippen molar-refractivity contribution in [3.8, 4) is 28.6 Å². The Bertz CT molecular complexity index is 749. The quantitative estimate of drug-likeness (QED) is 0.719. The third-order valence-electron chi connectivity index (χ3n) is 3.00. The number of ether oxygens (including phenoxy) is 1. The molecule has 5 heteroatoms. The van der Waals surface area contributed by atoms with Crippen LogP contribution in [-0.4, -0.2) is 16.2 Å². The van der Waals surface area contributed by atoms with Crippen molar-refractivity contribution in [3.63, 3.8) is 0 Å². The third kappa shape index (κ3) is 3.14. The van der Waals surface area contributed by atoms with Gasteiger partial charge in [0.2, 0.25) is 5.82 Å². The van der Waals surface area contributed by atoms with Crippen molar-refractivity contribution >= 4 is 0 Å². The highest BCUT2D eigenvalue weighted by Gasteiger charge is 2.11. The Kier molecular flexibility index (Phi) is 3.87. The molecule has 3 aromatic rings. The molecule has 0 saturated carbocycles. The van der Waals surface area contributed by atoms with Gasteiger partial charge in [-0.3, -0.25) is 0 Å². The van der Waals surface area contributed by atoms with E-state index in [1.807, 2.05) is 38.1 Å². The Labute approximate surface area is 127 Å². The number of nitrogens with zero attached hydrogens (tertiary/aromatic N) is 2. The highest BCUT2D eigenvalue weighted by molar-refractivity contribution is 5.60. The smallest absolute Gasteiger partial charge is 0.258 e. The minimum atomic E-state index is -0.302. The number of halogens is 1. The van der Waals surface area contributed by atoms with E-state index in [-0.39, 0.29) is 11.9 Å². The lowest BCUT2D eigenvalue weighted by atomic mass is 10.2. The van der Waals surface area contributed by atoms with Crippen LogP contribution in [0, 0.1) is 5.82 Å². The van der Waals surface area contributed by atoms with E-state index in [4.69, 9.17) is 9.26 Å². The SMILES string of the molecule is CC(C)Oc1ccc(-c2noc(-c3ccc(F)cc3)n2)cc1. The van der Waals surface area contributed by atoms with E-state index in [1.165, 1.54) is 12.1 Å². The fourth-order valence-corrected chi connectivity index (χ4v) is 2.01. The van der Waals surface area contributed by atoms with Gasteiger partial charge in [-0.15, -0.1) is 0 Å². The molecule has 0 N–H and O–H groups in total. The maximum absolute atomic E-state index is 12.9. The molecule has 0 aliphatic heterocycles. The molecule has 112 valence electrons. The molecular formula is C17H15FN2O2. The van der Waals surface area contributed by atoms with Crippen molar-refractivity contribution in [2.24, 2.45) is 0 Å². The molecule has 3 rings (SSSR count). The van der Waals surface area contributed by atoms with Gasteiger partial charge in [-0.05, 0) is 62.4 Å². The minimum absolute atomic E-state index is 0.126. The molecule has 0 spiro atoms. The molecule has 2 aromatic carbocycles. The van der Waals surface area contributed by atoms with Crippen molar-refractivity contribution in [1.82, 2.24) is 10.1 Å². The van der Waals surface area contributed by atoms with Gasteiger partial charge in [-0.1, -0.05) is 5.16 Å². The van der Waals surface area contributed by atoms with Crippen molar-refractivity contribution in [3.05, 3.63) is 54.3 Å². The van der Waals surface area contributed by atoms with Crippen molar-refractivity contribution in [2.45, 2.75) is 20.0 Å². The molecule has 0 bridgehead atoms. The van der Waals surface area contributed by atoms with Gasteiger partial charge >= 0.3 is 0 Å². The summed E-state index contributed by atoms with van der Waals surface area (Å²) in [6.45, 7) is 3.95. The molecule has 0 aliphatic carbocycles. The molecule has 0 amide bonds. The van der Waals surface area contributed by atoms with Crippen LogP contribution >= 0.6 is 0 Å². The largest absolute Gasteiger partial charge is 0.491 e. The highest BCUT2D eigenvalue weighted by atomic mass is 19.1. The second kappa shape index (κ2) is 5.97. The Balaban J connectivity index is 1.82. The first-order valence-corrected chi connectivity index (χ1v) is 6.98. The Hall–Kier alpha value is -2.69.